The molecule has 72 valence electrons. The van der Waals surface area contributed by atoms with E-state index in [2.05, 4.69) is 17.1 Å². The van der Waals surface area contributed by atoms with E-state index in [9.17, 15) is 0 Å². The smallest absolute Gasteiger partial charge is 0.238 e. The molecule has 1 aromatic rings. The minimum Gasteiger partial charge on any atom is -0.473 e. The Hall–Kier alpha value is -1.16. The molecule has 1 atom stereocenters. The zero-order valence-corrected chi connectivity index (χ0v) is 8.03. The van der Waals surface area contributed by atoms with Gasteiger partial charge in [-0.2, -0.15) is 5.10 Å². The number of rotatable bonds is 4. The van der Waals surface area contributed by atoms with E-state index in [4.69, 9.17) is 10.5 Å². The number of nitrogens with two attached hydrogens (primary N) is 1. The summed E-state index contributed by atoms with van der Waals surface area (Å²) in [6.07, 6.45) is 2.72. The Morgan fingerprint density at radius 2 is 2.38 bits per heavy atom. The van der Waals surface area contributed by atoms with E-state index in [0.29, 0.717) is 12.4 Å². The number of hydrogen-bond donors (Lipinski definition) is 1. The van der Waals surface area contributed by atoms with Crippen molar-refractivity contribution in [3.63, 3.8) is 0 Å². The normalized spacial score (nSPS) is 12.5. The van der Waals surface area contributed by atoms with Crippen molar-refractivity contribution in [1.29, 1.82) is 0 Å². The fourth-order valence-corrected chi connectivity index (χ4v) is 0.873. The molecule has 2 N–H and O–H groups in total. The highest BCUT2D eigenvalue weighted by Gasteiger charge is 2.06. The molecule has 0 saturated heterocycles. The minimum absolute atomic E-state index is 0.155. The summed E-state index contributed by atoms with van der Waals surface area (Å²) < 4.78 is 5.53. The summed E-state index contributed by atoms with van der Waals surface area (Å²) >= 11 is 0. The fraction of sp³-hybridized carbons (Fsp3) is 0.556. The van der Waals surface area contributed by atoms with Crippen LogP contribution in [0.25, 0.3) is 0 Å². The molecule has 1 rings (SSSR count). The highest BCUT2D eigenvalue weighted by atomic mass is 16.5. The number of hydrogen-bond acceptors (Lipinski definition) is 4. The van der Waals surface area contributed by atoms with Crippen molar-refractivity contribution in [2.24, 2.45) is 5.73 Å². The fourth-order valence-electron chi connectivity index (χ4n) is 0.873. The van der Waals surface area contributed by atoms with Gasteiger partial charge in [-0.15, -0.1) is 5.10 Å². The Balaban J connectivity index is 2.74. The molecule has 0 saturated carbocycles. The quantitative estimate of drug-likeness (QED) is 0.756. The molecule has 0 spiro atoms. The van der Waals surface area contributed by atoms with Crippen LogP contribution in [0, 0.1) is 0 Å². The van der Waals surface area contributed by atoms with E-state index in [1.807, 2.05) is 13.0 Å². The molecule has 0 radical (unpaired) electrons. The molecule has 4 nitrogen and oxygen atoms in total. The molecule has 0 fully saturated rings. The first kappa shape index (κ1) is 9.92. The molecular weight excluding hydrogens is 166 g/mol. The van der Waals surface area contributed by atoms with Crippen LogP contribution in [-0.2, 0) is 6.54 Å². The molecule has 0 aliphatic carbocycles. The van der Waals surface area contributed by atoms with E-state index < -0.39 is 0 Å². The summed E-state index contributed by atoms with van der Waals surface area (Å²) in [6, 6.07) is 1.82. The van der Waals surface area contributed by atoms with Crippen LogP contribution in [0.2, 0.25) is 0 Å². The maximum Gasteiger partial charge on any atom is 0.238 e. The molecule has 0 aliphatic rings. The Morgan fingerprint density at radius 1 is 1.62 bits per heavy atom. The molecule has 0 aliphatic heterocycles. The second-order valence-corrected chi connectivity index (χ2v) is 2.90. The first-order chi connectivity index (χ1) is 6.27. The molecule has 0 bridgehead atoms. The predicted octanol–water partition coefficient (Wildman–Crippen LogP) is 1.11. The Labute approximate surface area is 78.1 Å². The monoisotopic (exact) mass is 181 g/mol. The van der Waals surface area contributed by atoms with Crippen molar-refractivity contribution < 1.29 is 4.74 Å². The Kier molecular flexibility index (Phi) is 3.64. The van der Waals surface area contributed by atoms with Crippen LogP contribution >= 0.6 is 0 Å². The Morgan fingerprint density at radius 3 is 3.00 bits per heavy atom. The van der Waals surface area contributed by atoms with Gasteiger partial charge in [0.2, 0.25) is 5.88 Å². The minimum atomic E-state index is 0.155. The van der Waals surface area contributed by atoms with Gasteiger partial charge in [0.1, 0.15) is 0 Å². The predicted molar refractivity (Wildman–Crippen MR) is 50.3 cm³/mol. The van der Waals surface area contributed by atoms with Crippen LogP contribution in [-0.4, -0.2) is 16.3 Å². The summed E-state index contributed by atoms with van der Waals surface area (Å²) in [5.41, 5.74) is 6.42. The van der Waals surface area contributed by atoms with Crippen molar-refractivity contribution >= 4 is 0 Å². The standard InChI is InChI=1S/C9H15N3O/c1-3-7(2)13-9-8(6-10)4-5-11-12-9/h4-5,7H,3,6,10H2,1-2H3. The van der Waals surface area contributed by atoms with Crippen molar-refractivity contribution in [2.45, 2.75) is 32.9 Å². The maximum absolute atomic E-state index is 5.53. The lowest BCUT2D eigenvalue weighted by Gasteiger charge is -2.12. The van der Waals surface area contributed by atoms with Crippen molar-refractivity contribution in [1.82, 2.24) is 10.2 Å². The maximum atomic E-state index is 5.53. The molecule has 0 amide bonds. The SMILES string of the molecule is CCC(C)Oc1nnccc1CN. The van der Waals surface area contributed by atoms with Gasteiger partial charge in [0.15, 0.2) is 0 Å². The first-order valence-corrected chi connectivity index (χ1v) is 4.45. The van der Waals surface area contributed by atoms with Crippen LogP contribution in [0.4, 0.5) is 0 Å². The van der Waals surface area contributed by atoms with Crippen LogP contribution in [0.3, 0.4) is 0 Å². The van der Waals surface area contributed by atoms with Crippen molar-refractivity contribution in [2.75, 3.05) is 0 Å². The zero-order chi connectivity index (χ0) is 9.68. The van der Waals surface area contributed by atoms with Crippen LogP contribution < -0.4 is 10.5 Å². The number of aromatic nitrogens is 2. The van der Waals surface area contributed by atoms with Crippen LogP contribution in [0.1, 0.15) is 25.8 Å². The molecule has 0 aromatic carbocycles. The number of ether oxygens (including phenoxy) is 1. The molecule has 13 heavy (non-hydrogen) atoms. The van der Waals surface area contributed by atoms with E-state index in [-0.39, 0.29) is 6.10 Å². The van der Waals surface area contributed by atoms with Gasteiger partial charge in [-0.3, -0.25) is 0 Å². The zero-order valence-electron chi connectivity index (χ0n) is 8.03. The molecule has 1 heterocycles. The third-order valence-corrected chi connectivity index (χ3v) is 1.87. The van der Waals surface area contributed by atoms with Gasteiger partial charge >= 0.3 is 0 Å². The van der Waals surface area contributed by atoms with Gasteiger partial charge in [0.05, 0.1) is 12.3 Å². The van der Waals surface area contributed by atoms with Gasteiger partial charge in [-0.1, -0.05) is 6.92 Å². The lowest BCUT2D eigenvalue weighted by molar-refractivity contribution is 0.204. The topological polar surface area (TPSA) is 61.0 Å². The first-order valence-electron chi connectivity index (χ1n) is 4.45. The third-order valence-electron chi connectivity index (χ3n) is 1.87. The van der Waals surface area contributed by atoms with E-state index in [1.165, 1.54) is 0 Å². The summed E-state index contributed by atoms with van der Waals surface area (Å²) in [4.78, 5) is 0. The van der Waals surface area contributed by atoms with E-state index in [1.54, 1.807) is 6.20 Å². The van der Waals surface area contributed by atoms with Crippen LogP contribution in [0.15, 0.2) is 12.3 Å². The largest absolute Gasteiger partial charge is 0.473 e. The van der Waals surface area contributed by atoms with E-state index in [0.717, 1.165) is 12.0 Å². The molecule has 1 aromatic heterocycles. The van der Waals surface area contributed by atoms with Gasteiger partial charge in [0.25, 0.3) is 0 Å². The second kappa shape index (κ2) is 4.77. The van der Waals surface area contributed by atoms with Gasteiger partial charge in [-0.25, -0.2) is 0 Å². The van der Waals surface area contributed by atoms with Crippen LogP contribution in [0.5, 0.6) is 5.88 Å². The van der Waals surface area contributed by atoms with Crippen molar-refractivity contribution in [3.05, 3.63) is 17.8 Å². The van der Waals surface area contributed by atoms with Gasteiger partial charge in [0, 0.05) is 12.1 Å². The lowest BCUT2D eigenvalue weighted by atomic mass is 10.3. The molecule has 1 unspecified atom stereocenters. The Bertz CT molecular complexity index is 265. The van der Waals surface area contributed by atoms with Gasteiger partial charge < -0.3 is 10.5 Å². The highest BCUT2D eigenvalue weighted by molar-refractivity contribution is 5.22. The molecule has 4 heteroatoms. The van der Waals surface area contributed by atoms with Crippen molar-refractivity contribution in [3.8, 4) is 5.88 Å². The molecular formula is C9H15N3O. The van der Waals surface area contributed by atoms with E-state index >= 15 is 0 Å². The number of nitrogens with zero attached hydrogens (tertiary/aromatic N) is 2. The third kappa shape index (κ3) is 2.66. The average Bonchev–Trinajstić information content (AvgIpc) is 2.18. The lowest BCUT2D eigenvalue weighted by Crippen LogP contribution is -2.13. The van der Waals surface area contributed by atoms with Gasteiger partial charge in [-0.05, 0) is 19.4 Å². The summed E-state index contributed by atoms with van der Waals surface area (Å²) in [6.45, 7) is 4.49. The average molecular weight is 181 g/mol. The summed E-state index contributed by atoms with van der Waals surface area (Å²) in [7, 11) is 0. The summed E-state index contributed by atoms with van der Waals surface area (Å²) in [5, 5.41) is 7.64. The summed E-state index contributed by atoms with van der Waals surface area (Å²) in [5.74, 6) is 0.555. The highest BCUT2D eigenvalue weighted by Crippen LogP contribution is 2.14. The second-order valence-electron chi connectivity index (χ2n) is 2.90.